The van der Waals surface area contributed by atoms with E-state index in [0.717, 1.165) is 22.7 Å². The molecule has 1 aromatic carbocycles. The molecule has 0 N–H and O–H groups in total. The van der Waals surface area contributed by atoms with E-state index < -0.39 is 0 Å². The number of esters is 2. The van der Waals surface area contributed by atoms with Gasteiger partial charge in [-0.25, -0.2) is 4.98 Å². The fraction of sp³-hybridized carbons (Fsp3) is 0.267. The van der Waals surface area contributed by atoms with Gasteiger partial charge in [0.2, 0.25) is 5.16 Å². The minimum Gasteiger partial charge on any atom is -0.468 e. The lowest BCUT2D eigenvalue weighted by Crippen LogP contribution is -2.12. The van der Waals surface area contributed by atoms with E-state index in [1.165, 1.54) is 14.2 Å². The molecule has 8 nitrogen and oxygen atoms in total. The Morgan fingerprint density at radius 3 is 2.62 bits per heavy atom. The van der Waals surface area contributed by atoms with E-state index in [2.05, 4.69) is 19.9 Å². The molecule has 0 aliphatic rings. The van der Waals surface area contributed by atoms with Crippen LogP contribution in [0.3, 0.4) is 0 Å². The van der Waals surface area contributed by atoms with Crippen molar-refractivity contribution in [3.8, 4) is 0 Å². The van der Waals surface area contributed by atoms with E-state index >= 15 is 0 Å². The summed E-state index contributed by atoms with van der Waals surface area (Å²) < 4.78 is 11.1. The second kappa shape index (κ2) is 6.83. The van der Waals surface area contributed by atoms with Crippen LogP contribution < -0.4 is 0 Å². The van der Waals surface area contributed by atoms with Crippen LogP contribution >= 0.6 is 11.8 Å². The van der Waals surface area contributed by atoms with Gasteiger partial charge in [-0.1, -0.05) is 30.0 Å². The van der Waals surface area contributed by atoms with Crippen molar-refractivity contribution >= 4 is 45.8 Å². The fourth-order valence-corrected chi connectivity index (χ4v) is 2.90. The molecule has 0 unspecified atom stereocenters. The molecule has 0 saturated carbocycles. The van der Waals surface area contributed by atoms with Crippen molar-refractivity contribution in [2.24, 2.45) is 0 Å². The van der Waals surface area contributed by atoms with Gasteiger partial charge in [0.15, 0.2) is 5.65 Å². The number of ether oxygens (including phenoxy) is 2. The average Bonchev–Trinajstić information content (AvgIpc) is 2.93. The maximum absolute atomic E-state index is 11.7. The third kappa shape index (κ3) is 3.02. The van der Waals surface area contributed by atoms with Gasteiger partial charge < -0.3 is 14.0 Å². The van der Waals surface area contributed by atoms with Gasteiger partial charge in [-0.3, -0.25) is 9.59 Å². The highest BCUT2D eigenvalue weighted by molar-refractivity contribution is 7.99. The standard InChI is InChI=1S/C15H14N4O4S/c1-22-11(20)7-19-10-6-4-3-5-9(10)13-14(19)16-15(18-17-13)24-8-12(21)23-2/h3-6H,7-8H2,1-2H3. The van der Waals surface area contributed by atoms with Crippen LogP contribution in [-0.2, 0) is 25.6 Å². The largest absolute Gasteiger partial charge is 0.468 e. The Morgan fingerprint density at radius 2 is 1.88 bits per heavy atom. The van der Waals surface area contributed by atoms with E-state index in [0.29, 0.717) is 16.3 Å². The Balaban J connectivity index is 2.09. The Morgan fingerprint density at radius 1 is 1.12 bits per heavy atom. The molecule has 3 aromatic rings. The second-order valence-electron chi connectivity index (χ2n) is 4.81. The van der Waals surface area contributed by atoms with Crippen LogP contribution in [0.15, 0.2) is 29.4 Å². The molecule has 2 heterocycles. The average molecular weight is 346 g/mol. The molecule has 0 saturated heterocycles. The van der Waals surface area contributed by atoms with Crippen LogP contribution in [0.25, 0.3) is 22.1 Å². The predicted octanol–water partition coefficient (Wildman–Crippen LogP) is 1.42. The van der Waals surface area contributed by atoms with Crippen molar-refractivity contribution in [3.63, 3.8) is 0 Å². The number of para-hydroxylation sites is 1. The van der Waals surface area contributed by atoms with Gasteiger partial charge in [-0.2, -0.15) is 0 Å². The molecule has 0 bridgehead atoms. The van der Waals surface area contributed by atoms with Gasteiger partial charge in [-0.15, -0.1) is 10.2 Å². The quantitative estimate of drug-likeness (QED) is 0.505. The summed E-state index contributed by atoms with van der Waals surface area (Å²) >= 11 is 1.12. The number of carbonyl (C=O) groups excluding carboxylic acids is 2. The van der Waals surface area contributed by atoms with Gasteiger partial charge in [0, 0.05) is 5.39 Å². The predicted molar refractivity (Wildman–Crippen MR) is 87.6 cm³/mol. The zero-order valence-corrected chi connectivity index (χ0v) is 13.9. The zero-order valence-electron chi connectivity index (χ0n) is 13.1. The molecular formula is C15H14N4O4S. The monoisotopic (exact) mass is 346 g/mol. The van der Waals surface area contributed by atoms with Gasteiger partial charge in [-0.05, 0) is 6.07 Å². The van der Waals surface area contributed by atoms with Crippen LogP contribution in [0, 0.1) is 0 Å². The summed E-state index contributed by atoms with van der Waals surface area (Å²) in [5.41, 5.74) is 1.93. The van der Waals surface area contributed by atoms with Crippen LogP contribution in [0.5, 0.6) is 0 Å². The zero-order chi connectivity index (χ0) is 17.1. The topological polar surface area (TPSA) is 96.2 Å². The number of rotatable bonds is 5. The van der Waals surface area contributed by atoms with Gasteiger partial charge in [0.25, 0.3) is 0 Å². The summed E-state index contributed by atoms with van der Waals surface area (Å²) in [5, 5.41) is 9.43. The molecule has 0 fully saturated rings. The maximum Gasteiger partial charge on any atom is 0.325 e. The van der Waals surface area contributed by atoms with Gasteiger partial charge in [0.1, 0.15) is 12.1 Å². The maximum atomic E-state index is 11.7. The molecule has 0 aliphatic carbocycles. The number of methoxy groups -OCH3 is 2. The molecule has 0 radical (unpaired) electrons. The van der Waals surface area contributed by atoms with Crippen molar-refractivity contribution in [1.29, 1.82) is 0 Å². The summed E-state index contributed by atoms with van der Waals surface area (Å²) in [6.07, 6.45) is 0. The Labute approximate surface area is 141 Å². The second-order valence-corrected chi connectivity index (χ2v) is 5.75. The number of carbonyl (C=O) groups is 2. The Kier molecular flexibility index (Phi) is 4.61. The van der Waals surface area contributed by atoms with Crippen LogP contribution in [0.4, 0.5) is 0 Å². The summed E-state index contributed by atoms with van der Waals surface area (Å²) in [5.74, 6) is -0.681. The van der Waals surface area contributed by atoms with E-state index in [1.807, 2.05) is 24.3 Å². The lowest BCUT2D eigenvalue weighted by Gasteiger charge is -2.05. The van der Waals surface area contributed by atoms with Crippen LogP contribution in [0.1, 0.15) is 0 Å². The van der Waals surface area contributed by atoms with Crippen molar-refractivity contribution in [3.05, 3.63) is 24.3 Å². The lowest BCUT2D eigenvalue weighted by molar-refractivity contribution is -0.141. The summed E-state index contributed by atoms with van der Waals surface area (Å²) in [4.78, 5) is 27.4. The van der Waals surface area contributed by atoms with Crippen molar-refractivity contribution < 1.29 is 19.1 Å². The van der Waals surface area contributed by atoms with Gasteiger partial charge in [0.05, 0.1) is 25.5 Å². The van der Waals surface area contributed by atoms with Crippen molar-refractivity contribution in [1.82, 2.24) is 19.7 Å². The molecular weight excluding hydrogens is 332 g/mol. The first-order chi connectivity index (χ1) is 11.6. The SMILES string of the molecule is COC(=O)CSc1nnc2c3ccccc3n(CC(=O)OC)c2n1. The van der Waals surface area contributed by atoms with E-state index in [-0.39, 0.29) is 24.2 Å². The number of benzene rings is 1. The molecule has 124 valence electrons. The molecule has 0 atom stereocenters. The number of fused-ring (bicyclic) bond motifs is 3. The van der Waals surface area contributed by atoms with E-state index in [9.17, 15) is 9.59 Å². The van der Waals surface area contributed by atoms with Crippen LogP contribution in [-0.4, -0.2) is 51.7 Å². The summed E-state index contributed by atoms with van der Waals surface area (Å²) in [7, 11) is 2.65. The van der Waals surface area contributed by atoms with E-state index in [1.54, 1.807) is 4.57 Å². The molecule has 0 amide bonds. The third-order valence-electron chi connectivity index (χ3n) is 3.42. The number of aromatic nitrogens is 4. The Hall–Kier alpha value is -2.68. The van der Waals surface area contributed by atoms with E-state index in [4.69, 9.17) is 4.74 Å². The molecule has 2 aromatic heterocycles. The minimum absolute atomic E-state index is 0.0142. The first-order valence-electron chi connectivity index (χ1n) is 7.02. The lowest BCUT2D eigenvalue weighted by atomic mass is 10.2. The minimum atomic E-state index is -0.389. The molecule has 9 heteroatoms. The summed E-state index contributed by atoms with van der Waals surface area (Å²) in [6, 6.07) is 7.52. The first kappa shape index (κ1) is 16.2. The summed E-state index contributed by atoms with van der Waals surface area (Å²) in [6.45, 7) is 0.0142. The van der Waals surface area contributed by atoms with Crippen molar-refractivity contribution in [2.45, 2.75) is 11.7 Å². The fourth-order valence-electron chi connectivity index (χ4n) is 2.29. The highest BCUT2D eigenvalue weighted by atomic mass is 32.2. The van der Waals surface area contributed by atoms with Gasteiger partial charge >= 0.3 is 11.9 Å². The van der Waals surface area contributed by atoms with Crippen LogP contribution in [0.2, 0.25) is 0 Å². The smallest absolute Gasteiger partial charge is 0.325 e. The molecule has 3 rings (SSSR count). The number of thioether (sulfide) groups is 1. The molecule has 0 spiro atoms. The number of hydrogen-bond acceptors (Lipinski definition) is 8. The molecule has 24 heavy (non-hydrogen) atoms. The number of nitrogens with zero attached hydrogens (tertiary/aromatic N) is 4. The number of hydrogen-bond donors (Lipinski definition) is 0. The highest BCUT2D eigenvalue weighted by Crippen LogP contribution is 2.27. The van der Waals surface area contributed by atoms with Crippen molar-refractivity contribution in [2.75, 3.05) is 20.0 Å². The Bertz CT molecular complexity index is 924. The molecule has 0 aliphatic heterocycles. The first-order valence-corrected chi connectivity index (χ1v) is 8.00. The normalized spacial score (nSPS) is 10.9. The third-order valence-corrected chi connectivity index (χ3v) is 4.23. The highest BCUT2D eigenvalue weighted by Gasteiger charge is 2.17.